The molecule has 30 heavy (non-hydrogen) atoms. The van der Waals surface area contributed by atoms with E-state index in [4.69, 9.17) is 9.40 Å². The van der Waals surface area contributed by atoms with Gasteiger partial charge < -0.3 is 4.42 Å². The van der Waals surface area contributed by atoms with Crippen LogP contribution in [-0.4, -0.2) is 25.6 Å². The van der Waals surface area contributed by atoms with Gasteiger partial charge in [-0.05, 0) is 67.4 Å². The van der Waals surface area contributed by atoms with Crippen LogP contribution in [0.25, 0.3) is 10.2 Å². The fraction of sp³-hybridized carbons (Fsp3) is 0.182. The zero-order valence-electron chi connectivity index (χ0n) is 16.7. The van der Waals surface area contributed by atoms with Gasteiger partial charge in [0.2, 0.25) is 0 Å². The van der Waals surface area contributed by atoms with E-state index in [1.54, 1.807) is 23.3 Å². The van der Waals surface area contributed by atoms with Crippen molar-refractivity contribution >= 4 is 42.4 Å². The minimum Gasteiger partial charge on any atom is -0.467 e. The molecule has 0 radical (unpaired) electrons. The number of sulfone groups is 1. The molecule has 0 aliphatic rings. The van der Waals surface area contributed by atoms with Crippen LogP contribution in [0.2, 0.25) is 0 Å². The van der Waals surface area contributed by atoms with Crippen molar-refractivity contribution in [2.24, 2.45) is 0 Å². The van der Waals surface area contributed by atoms with Crippen molar-refractivity contribution in [1.29, 1.82) is 0 Å². The maximum Gasteiger partial charge on any atom is 0.260 e. The number of amides is 1. The first-order chi connectivity index (χ1) is 14.2. The molecule has 0 spiro atoms. The van der Waals surface area contributed by atoms with Crippen LogP contribution in [0, 0.1) is 13.8 Å². The van der Waals surface area contributed by atoms with E-state index in [-0.39, 0.29) is 17.3 Å². The lowest BCUT2D eigenvalue weighted by atomic mass is 10.1. The zero-order valence-corrected chi connectivity index (χ0v) is 18.4. The maximum atomic E-state index is 13.4. The van der Waals surface area contributed by atoms with Crippen LogP contribution in [0.5, 0.6) is 0 Å². The molecule has 6 nitrogen and oxygen atoms in total. The minimum atomic E-state index is -3.34. The molecule has 0 N–H and O–H groups in total. The highest BCUT2D eigenvalue weighted by Crippen LogP contribution is 2.33. The van der Waals surface area contributed by atoms with Crippen LogP contribution >= 0.6 is 11.3 Å². The predicted octanol–water partition coefficient (Wildman–Crippen LogP) is 4.76. The molecule has 0 fully saturated rings. The first-order valence-electron chi connectivity index (χ1n) is 9.24. The lowest BCUT2D eigenvalue weighted by molar-refractivity contribution is 0.0983. The lowest BCUT2D eigenvalue weighted by Gasteiger charge is -2.19. The number of furan rings is 1. The summed E-state index contributed by atoms with van der Waals surface area (Å²) in [7, 11) is -3.34. The lowest BCUT2D eigenvalue weighted by Crippen LogP contribution is -2.30. The molecule has 0 saturated carbocycles. The topological polar surface area (TPSA) is 80.5 Å². The third-order valence-electron chi connectivity index (χ3n) is 4.72. The van der Waals surface area contributed by atoms with E-state index in [1.807, 2.05) is 13.8 Å². The van der Waals surface area contributed by atoms with Gasteiger partial charge in [-0.2, -0.15) is 0 Å². The summed E-state index contributed by atoms with van der Waals surface area (Å²) in [5, 5.41) is 0.562. The van der Waals surface area contributed by atoms with Gasteiger partial charge in [0.15, 0.2) is 15.0 Å². The maximum absolute atomic E-state index is 13.4. The molecule has 0 bridgehead atoms. The average Bonchev–Trinajstić information content (AvgIpc) is 3.34. The molecule has 2 heterocycles. The van der Waals surface area contributed by atoms with E-state index < -0.39 is 9.84 Å². The van der Waals surface area contributed by atoms with Crippen LogP contribution in [0.4, 0.5) is 5.13 Å². The number of nitrogens with zero attached hydrogens (tertiary/aromatic N) is 2. The van der Waals surface area contributed by atoms with Crippen molar-refractivity contribution in [2.45, 2.75) is 25.3 Å². The highest BCUT2D eigenvalue weighted by atomic mass is 32.2. The van der Waals surface area contributed by atoms with E-state index in [9.17, 15) is 13.2 Å². The standard InChI is InChI=1S/C22H20N2O4S2/c1-14-11-15(2)20-19(12-14)29-22(23-20)24(13-17-5-4-10-28-17)21(25)16-6-8-18(9-7-16)30(3,26)27/h4-12H,13H2,1-3H3. The molecule has 1 amide bonds. The molecule has 2 aromatic heterocycles. The number of carbonyl (C=O) groups is 1. The number of hydrogen-bond donors (Lipinski definition) is 0. The number of fused-ring (bicyclic) bond motifs is 1. The van der Waals surface area contributed by atoms with Crippen molar-refractivity contribution in [3.8, 4) is 0 Å². The predicted molar refractivity (Wildman–Crippen MR) is 118 cm³/mol. The van der Waals surface area contributed by atoms with E-state index in [0.717, 1.165) is 27.6 Å². The molecular formula is C22H20N2O4S2. The van der Waals surface area contributed by atoms with Gasteiger partial charge in [0.25, 0.3) is 5.91 Å². The largest absolute Gasteiger partial charge is 0.467 e. The van der Waals surface area contributed by atoms with Crippen LogP contribution in [0.1, 0.15) is 27.2 Å². The van der Waals surface area contributed by atoms with Crippen molar-refractivity contribution in [1.82, 2.24) is 4.98 Å². The Morgan fingerprint density at radius 1 is 1.13 bits per heavy atom. The Balaban J connectivity index is 1.76. The number of rotatable bonds is 5. The fourth-order valence-corrected chi connectivity index (χ4v) is 5.03. The Hall–Kier alpha value is -2.97. The Bertz CT molecular complexity index is 1320. The SMILES string of the molecule is Cc1cc(C)c2nc(N(Cc3ccco3)C(=O)c3ccc(S(C)(=O)=O)cc3)sc2c1. The molecule has 0 aliphatic carbocycles. The van der Waals surface area contributed by atoms with Crippen molar-refractivity contribution in [3.63, 3.8) is 0 Å². The molecule has 0 atom stereocenters. The van der Waals surface area contributed by atoms with Gasteiger partial charge in [0.1, 0.15) is 5.76 Å². The number of hydrogen-bond acceptors (Lipinski definition) is 6. The smallest absolute Gasteiger partial charge is 0.260 e. The Kier molecular flexibility index (Phi) is 5.21. The van der Waals surface area contributed by atoms with Crippen LogP contribution in [0.15, 0.2) is 64.1 Å². The van der Waals surface area contributed by atoms with E-state index in [1.165, 1.54) is 35.6 Å². The van der Waals surface area contributed by atoms with Crippen LogP contribution in [0.3, 0.4) is 0 Å². The van der Waals surface area contributed by atoms with Crippen molar-refractivity contribution < 1.29 is 17.6 Å². The number of carbonyl (C=O) groups excluding carboxylic acids is 1. The second-order valence-electron chi connectivity index (χ2n) is 7.19. The summed E-state index contributed by atoms with van der Waals surface area (Å²) >= 11 is 1.44. The third-order valence-corrected chi connectivity index (χ3v) is 6.87. The second-order valence-corrected chi connectivity index (χ2v) is 10.2. The van der Waals surface area contributed by atoms with E-state index in [0.29, 0.717) is 16.5 Å². The van der Waals surface area contributed by atoms with Gasteiger partial charge in [0, 0.05) is 11.8 Å². The number of aromatic nitrogens is 1. The number of aryl methyl sites for hydroxylation is 2. The van der Waals surface area contributed by atoms with Crippen molar-refractivity contribution in [3.05, 3.63) is 77.2 Å². The van der Waals surface area contributed by atoms with Crippen LogP contribution in [-0.2, 0) is 16.4 Å². The summed E-state index contributed by atoms with van der Waals surface area (Å²) in [6, 6.07) is 13.6. The molecule has 2 aromatic carbocycles. The summed E-state index contributed by atoms with van der Waals surface area (Å²) in [5.41, 5.74) is 3.43. The Morgan fingerprint density at radius 3 is 2.50 bits per heavy atom. The second kappa shape index (κ2) is 7.70. The van der Waals surface area contributed by atoms with Crippen molar-refractivity contribution in [2.75, 3.05) is 11.2 Å². The average molecular weight is 441 g/mol. The third kappa shape index (κ3) is 4.01. The highest BCUT2D eigenvalue weighted by Gasteiger charge is 2.23. The summed E-state index contributed by atoms with van der Waals surface area (Å²) in [6.07, 6.45) is 2.70. The first kappa shape index (κ1) is 20.3. The quantitative estimate of drug-likeness (QED) is 0.447. The molecular weight excluding hydrogens is 420 g/mol. The minimum absolute atomic E-state index is 0.169. The number of anilines is 1. The van der Waals surface area contributed by atoms with E-state index in [2.05, 4.69) is 12.1 Å². The Labute approximate surface area is 178 Å². The monoisotopic (exact) mass is 440 g/mol. The van der Waals surface area contributed by atoms with E-state index >= 15 is 0 Å². The molecule has 0 unspecified atom stereocenters. The summed E-state index contributed by atoms with van der Waals surface area (Å²) in [6.45, 7) is 4.25. The van der Waals surface area contributed by atoms with Gasteiger partial charge in [-0.25, -0.2) is 13.4 Å². The zero-order chi connectivity index (χ0) is 21.5. The fourth-order valence-electron chi connectivity index (χ4n) is 3.26. The number of benzene rings is 2. The van der Waals surface area contributed by atoms with Gasteiger partial charge >= 0.3 is 0 Å². The van der Waals surface area contributed by atoms with Crippen LogP contribution < -0.4 is 4.90 Å². The molecule has 0 saturated heterocycles. The molecule has 4 aromatic rings. The summed E-state index contributed by atoms with van der Waals surface area (Å²) < 4.78 is 29.9. The summed E-state index contributed by atoms with van der Waals surface area (Å²) in [4.78, 5) is 19.8. The Morgan fingerprint density at radius 2 is 1.87 bits per heavy atom. The van der Waals surface area contributed by atoms with Gasteiger partial charge in [-0.15, -0.1) is 0 Å². The van der Waals surface area contributed by atoms with Gasteiger partial charge in [-0.3, -0.25) is 9.69 Å². The number of thiazole rings is 1. The molecule has 8 heteroatoms. The summed E-state index contributed by atoms with van der Waals surface area (Å²) in [5.74, 6) is 0.350. The van der Waals surface area contributed by atoms with Gasteiger partial charge in [0.05, 0.1) is 27.9 Å². The normalized spacial score (nSPS) is 11.7. The van der Waals surface area contributed by atoms with Gasteiger partial charge in [-0.1, -0.05) is 17.4 Å². The molecule has 4 rings (SSSR count). The first-order valence-corrected chi connectivity index (χ1v) is 12.0. The molecule has 0 aliphatic heterocycles. The molecule has 154 valence electrons. The highest BCUT2D eigenvalue weighted by molar-refractivity contribution is 7.90.